The Morgan fingerprint density at radius 2 is 1.74 bits per heavy atom. The van der Waals surface area contributed by atoms with Crippen LogP contribution in [-0.4, -0.2) is 20.9 Å². The van der Waals surface area contributed by atoms with E-state index in [0.717, 1.165) is 16.7 Å². The van der Waals surface area contributed by atoms with E-state index in [9.17, 15) is 13.2 Å². The molecule has 0 radical (unpaired) electrons. The highest BCUT2D eigenvalue weighted by atomic mass is 32.2. The number of nitrogens with one attached hydrogen (secondary N) is 1. The van der Waals surface area contributed by atoms with Crippen molar-refractivity contribution in [3.63, 3.8) is 0 Å². The molecule has 0 spiro atoms. The Morgan fingerprint density at radius 3 is 2.30 bits per heavy atom. The third-order valence-corrected chi connectivity index (χ3v) is 4.51. The molecule has 0 aliphatic heterocycles. The molecule has 0 atom stereocenters. The quantitative estimate of drug-likeness (QED) is 0.876. The number of primary sulfonamides is 1. The van der Waals surface area contributed by atoms with Crippen LogP contribution in [-0.2, 0) is 16.4 Å². The number of hydrogen-bond acceptors (Lipinski definition) is 3. The molecule has 0 bridgehead atoms. The highest BCUT2D eigenvalue weighted by Crippen LogP contribution is 2.11. The van der Waals surface area contributed by atoms with E-state index in [1.165, 1.54) is 12.1 Å². The third-order valence-electron chi connectivity index (χ3n) is 3.58. The van der Waals surface area contributed by atoms with Gasteiger partial charge in [0, 0.05) is 12.1 Å². The van der Waals surface area contributed by atoms with Gasteiger partial charge in [-0.25, -0.2) is 13.6 Å². The van der Waals surface area contributed by atoms with Gasteiger partial charge in [-0.2, -0.15) is 0 Å². The summed E-state index contributed by atoms with van der Waals surface area (Å²) in [6.45, 7) is 4.37. The van der Waals surface area contributed by atoms with Crippen LogP contribution in [0.5, 0.6) is 0 Å². The van der Waals surface area contributed by atoms with E-state index in [4.69, 9.17) is 5.14 Å². The average Bonchev–Trinajstić information content (AvgIpc) is 2.46. The molecule has 0 aliphatic rings. The second-order valence-electron chi connectivity index (χ2n) is 5.51. The molecule has 2 rings (SSSR count). The SMILES string of the molecule is Cc1ccc(C(=O)NCCc2ccc(S(N)(=O)=O)cc2)c(C)c1. The number of hydrogen-bond donors (Lipinski definition) is 2. The van der Waals surface area contributed by atoms with Crippen molar-refractivity contribution in [3.8, 4) is 0 Å². The van der Waals surface area contributed by atoms with Crippen LogP contribution in [0.1, 0.15) is 27.0 Å². The van der Waals surface area contributed by atoms with Crippen molar-refractivity contribution >= 4 is 15.9 Å². The van der Waals surface area contributed by atoms with E-state index in [1.54, 1.807) is 12.1 Å². The van der Waals surface area contributed by atoms with Gasteiger partial charge in [-0.3, -0.25) is 4.79 Å². The van der Waals surface area contributed by atoms with Gasteiger partial charge in [-0.1, -0.05) is 29.8 Å². The van der Waals surface area contributed by atoms with Crippen molar-refractivity contribution in [3.05, 3.63) is 64.7 Å². The lowest BCUT2D eigenvalue weighted by Crippen LogP contribution is -2.26. The standard InChI is InChI=1S/C17H20N2O3S/c1-12-3-8-16(13(2)11-12)17(20)19-10-9-14-4-6-15(7-5-14)23(18,21)22/h3-8,11H,9-10H2,1-2H3,(H,19,20)(H2,18,21,22). The number of rotatable bonds is 5. The van der Waals surface area contributed by atoms with Gasteiger partial charge in [-0.05, 0) is 49.6 Å². The van der Waals surface area contributed by atoms with Crippen LogP contribution in [0.15, 0.2) is 47.4 Å². The van der Waals surface area contributed by atoms with Crippen LogP contribution >= 0.6 is 0 Å². The highest BCUT2D eigenvalue weighted by molar-refractivity contribution is 7.89. The van der Waals surface area contributed by atoms with Crippen LogP contribution in [0.2, 0.25) is 0 Å². The smallest absolute Gasteiger partial charge is 0.251 e. The fourth-order valence-corrected chi connectivity index (χ4v) is 2.85. The van der Waals surface area contributed by atoms with Crippen molar-refractivity contribution in [2.75, 3.05) is 6.54 Å². The number of sulfonamides is 1. The van der Waals surface area contributed by atoms with Gasteiger partial charge >= 0.3 is 0 Å². The van der Waals surface area contributed by atoms with Gasteiger partial charge in [0.15, 0.2) is 0 Å². The van der Waals surface area contributed by atoms with Gasteiger partial charge < -0.3 is 5.32 Å². The molecule has 0 fully saturated rings. The van der Waals surface area contributed by atoms with Gasteiger partial charge in [0.1, 0.15) is 0 Å². The molecule has 23 heavy (non-hydrogen) atoms. The summed E-state index contributed by atoms with van der Waals surface area (Å²) in [6, 6.07) is 12.0. The normalized spacial score (nSPS) is 11.3. The zero-order valence-corrected chi connectivity index (χ0v) is 14.0. The van der Waals surface area contributed by atoms with E-state index in [-0.39, 0.29) is 10.8 Å². The minimum absolute atomic E-state index is 0.0839. The summed E-state index contributed by atoms with van der Waals surface area (Å²) in [4.78, 5) is 12.2. The lowest BCUT2D eigenvalue weighted by Gasteiger charge is -2.09. The molecule has 0 saturated heterocycles. The molecule has 0 aliphatic carbocycles. The second kappa shape index (κ2) is 6.93. The molecular formula is C17H20N2O3S. The Kier molecular flexibility index (Phi) is 5.18. The number of aryl methyl sites for hydroxylation is 2. The third kappa shape index (κ3) is 4.64. The summed E-state index contributed by atoms with van der Waals surface area (Å²) in [5, 5.41) is 7.92. The first-order chi connectivity index (χ1) is 10.8. The molecule has 1 amide bonds. The zero-order valence-electron chi connectivity index (χ0n) is 13.2. The van der Waals surface area contributed by atoms with Gasteiger partial charge in [0.2, 0.25) is 10.0 Å². The molecule has 5 nitrogen and oxygen atoms in total. The maximum Gasteiger partial charge on any atom is 0.251 e. The van der Waals surface area contributed by atoms with Crippen molar-refractivity contribution in [1.82, 2.24) is 5.32 Å². The summed E-state index contributed by atoms with van der Waals surface area (Å²) in [6.07, 6.45) is 0.613. The fourth-order valence-electron chi connectivity index (χ4n) is 2.33. The Labute approximate surface area is 136 Å². The maximum absolute atomic E-state index is 12.1. The molecule has 2 aromatic carbocycles. The molecule has 3 N–H and O–H groups in total. The molecule has 122 valence electrons. The summed E-state index contributed by atoms with van der Waals surface area (Å²) in [5.41, 5.74) is 3.66. The molecule has 0 aromatic heterocycles. The number of amides is 1. The number of benzene rings is 2. The van der Waals surface area contributed by atoms with Crippen molar-refractivity contribution in [2.24, 2.45) is 5.14 Å². The predicted octanol–water partition coefficient (Wildman–Crippen LogP) is 1.92. The van der Waals surface area contributed by atoms with Crippen LogP contribution in [0.4, 0.5) is 0 Å². The van der Waals surface area contributed by atoms with Crippen molar-refractivity contribution in [2.45, 2.75) is 25.2 Å². The Balaban J connectivity index is 1.93. The summed E-state index contributed by atoms with van der Waals surface area (Å²) < 4.78 is 22.4. The van der Waals surface area contributed by atoms with Crippen LogP contribution in [0.25, 0.3) is 0 Å². The minimum Gasteiger partial charge on any atom is -0.352 e. The molecule has 0 unspecified atom stereocenters. The molecule has 0 heterocycles. The first-order valence-electron chi connectivity index (χ1n) is 7.24. The molecule has 0 saturated carbocycles. The highest BCUT2D eigenvalue weighted by Gasteiger charge is 2.09. The zero-order chi connectivity index (χ0) is 17.0. The Bertz CT molecular complexity index is 812. The van der Waals surface area contributed by atoms with E-state index in [0.29, 0.717) is 18.5 Å². The molecule has 2 aromatic rings. The maximum atomic E-state index is 12.1. The van der Waals surface area contributed by atoms with Gasteiger partial charge in [0.25, 0.3) is 5.91 Å². The molecule has 6 heteroatoms. The number of carbonyl (C=O) groups excluding carboxylic acids is 1. The van der Waals surface area contributed by atoms with Gasteiger partial charge in [-0.15, -0.1) is 0 Å². The van der Waals surface area contributed by atoms with Gasteiger partial charge in [0.05, 0.1) is 4.90 Å². The number of nitrogens with two attached hydrogens (primary N) is 1. The van der Waals surface area contributed by atoms with Crippen molar-refractivity contribution < 1.29 is 13.2 Å². The summed E-state index contributed by atoms with van der Waals surface area (Å²) in [7, 11) is -3.67. The second-order valence-corrected chi connectivity index (χ2v) is 7.07. The molecular weight excluding hydrogens is 312 g/mol. The lowest BCUT2D eigenvalue weighted by atomic mass is 10.1. The summed E-state index contributed by atoms with van der Waals surface area (Å²) >= 11 is 0. The van der Waals surface area contributed by atoms with E-state index < -0.39 is 10.0 Å². The van der Waals surface area contributed by atoms with Crippen molar-refractivity contribution in [1.29, 1.82) is 0 Å². The Morgan fingerprint density at radius 1 is 1.09 bits per heavy atom. The van der Waals surface area contributed by atoms with E-state index >= 15 is 0 Å². The minimum atomic E-state index is -3.67. The fraction of sp³-hybridized carbons (Fsp3) is 0.235. The summed E-state index contributed by atoms with van der Waals surface area (Å²) in [5.74, 6) is -0.108. The first kappa shape index (κ1) is 17.2. The first-order valence-corrected chi connectivity index (χ1v) is 8.79. The van der Waals surface area contributed by atoms with E-state index in [2.05, 4.69) is 5.32 Å². The lowest BCUT2D eigenvalue weighted by molar-refractivity contribution is 0.0953. The monoisotopic (exact) mass is 332 g/mol. The average molecular weight is 332 g/mol. The van der Waals surface area contributed by atoms with Crippen LogP contribution < -0.4 is 10.5 Å². The largest absolute Gasteiger partial charge is 0.352 e. The number of carbonyl (C=O) groups is 1. The van der Waals surface area contributed by atoms with E-state index in [1.807, 2.05) is 32.0 Å². The Hall–Kier alpha value is -2.18. The van der Waals surface area contributed by atoms with Crippen LogP contribution in [0.3, 0.4) is 0 Å². The predicted molar refractivity (Wildman–Crippen MR) is 89.8 cm³/mol. The van der Waals surface area contributed by atoms with Crippen LogP contribution in [0, 0.1) is 13.8 Å². The topological polar surface area (TPSA) is 89.3 Å².